The number of hydrogen-bond acceptors (Lipinski definition) is 5. The van der Waals surface area contributed by atoms with Crippen molar-refractivity contribution in [2.24, 2.45) is 7.05 Å². The van der Waals surface area contributed by atoms with Crippen molar-refractivity contribution in [3.8, 4) is 5.75 Å². The maximum absolute atomic E-state index is 11.7. The molecule has 3 aromatic rings. The number of nitrogens with two attached hydrogens (primary N) is 1. The Hall–Kier alpha value is -2.68. The molecular formula is C17H20BrN6O2+. The first-order chi connectivity index (χ1) is 12.5. The van der Waals surface area contributed by atoms with E-state index >= 15 is 0 Å². The normalized spacial score (nSPS) is 10.9. The molecule has 0 unspecified atom stereocenters. The molecule has 8 nitrogen and oxygen atoms in total. The summed E-state index contributed by atoms with van der Waals surface area (Å²) in [5.74, 6) is 2.24. The minimum absolute atomic E-state index is 0.198. The quantitative estimate of drug-likeness (QED) is 0.485. The van der Waals surface area contributed by atoms with Gasteiger partial charge >= 0.3 is 0 Å². The van der Waals surface area contributed by atoms with E-state index in [1.54, 1.807) is 7.11 Å². The summed E-state index contributed by atoms with van der Waals surface area (Å²) < 4.78 is 10.0. The van der Waals surface area contributed by atoms with Gasteiger partial charge in [-0.15, -0.1) is 0 Å². The van der Waals surface area contributed by atoms with Crippen LogP contribution in [-0.4, -0.2) is 28.1 Å². The third kappa shape index (κ3) is 3.10. The molecule has 2 N–H and O–H groups in total. The van der Waals surface area contributed by atoms with Crippen LogP contribution in [0.15, 0.2) is 29.0 Å². The number of methoxy groups -OCH3 is 1. The lowest BCUT2D eigenvalue weighted by atomic mass is 10.3. The number of carbonyl (C=O) groups is 1. The molecule has 0 saturated heterocycles. The Kier molecular flexibility index (Phi) is 5.08. The van der Waals surface area contributed by atoms with Crippen LogP contribution in [-0.2, 0) is 24.9 Å². The fraction of sp³-hybridized carbons (Fsp3) is 0.294. The lowest BCUT2D eigenvalue weighted by molar-refractivity contribution is -0.653. The first-order valence-electron chi connectivity index (χ1n) is 8.05. The summed E-state index contributed by atoms with van der Waals surface area (Å²) in [5, 5.41) is 0. The maximum Gasteiger partial charge on any atom is 0.277 e. The Bertz CT molecular complexity index is 972. The second-order valence-electron chi connectivity index (χ2n) is 5.71. The third-order valence-electron chi connectivity index (χ3n) is 4.31. The number of amides is 1. The monoisotopic (exact) mass is 419 g/mol. The van der Waals surface area contributed by atoms with E-state index in [4.69, 9.17) is 10.5 Å². The number of nitrogens with zero attached hydrogens (tertiary/aromatic N) is 5. The molecule has 26 heavy (non-hydrogen) atoms. The predicted molar refractivity (Wildman–Crippen MR) is 102 cm³/mol. The van der Waals surface area contributed by atoms with Crippen molar-refractivity contribution in [1.29, 1.82) is 0 Å². The highest BCUT2D eigenvalue weighted by Gasteiger charge is 2.26. The van der Waals surface area contributed by atoms with Crippen LogP contribution in [0.25, 0.3) is 11.0 Å². The molecule has 0 aliphatic heterocycles. The summed E-state index contributed by atoms with van der Waals surface area (Å²) in [7, 11) is 3.61. The Morgan fingerprint density at radius 2 is 2.23 bits per heavy atom. The minimum atomic E-state index is 0.198. The summed E-state index contributed by atoms with van der Waals surface area (Å²) >= 11 is 3.27. The van der Waals surface area contributed by atoms with Gasteiger partial charge in [0.05, 0.1) is 26.9 Å². The van der Waals surface area contributed by atoms with Crippen LogP contribution in [0, 0.1) is 0 Å². The van der Waals surface area contributed by atoms with E-state index in [-0.39, 0.29) is 5.82 Å². The number of ether oxygens (including phenoxy) is 1. The molecule has 0 radical (unpaired) electrons. The molecule has 2 aromatic heterocycles. The van der Waals surface area contributed by atoms with E-state index in [1.165, 1.54) is 11.1 Å². The van der Waals surface area contributed by atoms with Crippen molar-refractivity contribution >= 4 is 45.0 Å². The average Bonchev–Trinajstić information content (AvgIpc) is 2.92. The molecule has 1 amide bonds. The van der Waals surface area contributed by atoms with Crippen LogP contribution in [0.2, 0.25) is 0 Å². The van der Waals surface area contributed by atoms with Gasteiger partial charge in [0.1, 0.15) is 16.9 Å². The number of aryl methyl sites for hydroxylation is 2. The molecule has 0 saturated carbocycles. The van der Waals surface area contributed by atoms with Crippen LogP contribution in [0.5, 0.6) is 5.75 Å². The lowest BCUT2D eigenvalue weighted by Gasteiger charge is -2.16. The van der Waals surface area contributed by atoms with Crippen LogP contribution in [0.4, 0.5) is 11.6 Å². The smallest absolute Gasteiger partial charge is 0.277 e. The molecule has 2 heterocycles. The molecular weight excluding hydrogens is 400 g/mol. The highest BCUT2D eigenvalue weighted by atomic mass is 79.9. The fourth-order valence-electron chi connectivity index (χ4n) is 3.03. The fourth-order valence-corrected chi connectivity index (χ4v) is 3.30. The Morgan fingerprint density at radius 1 is 1.46 bits per heavy atom. The van der Waals surface area contributed by atoms with Crippen molar-refractivity contribution in [3.63, 3.8) is 0 Å². The lowest BCUT2D eigenvalue weighted by Crippen LogP contribution is -2.38. The molecule has 3 rings (SSSR count). The number of carbonyl (C=O) groups excluding carboxylic acids is 1. The number of nitrogen functional groups attached to an aromatic ring is 1. The number of fused-ring (bicyclic) bond motifs is 1. The number of imidazole rings is 1. The zero-order valence-corrected chi connectivity index (χ0v) is 16.4. The number of benzene rings is 1. The van der Waals surface area contributed by atoms with Gasteiger partial charge in [0, 0.05) is 6.07 Å². The summed E-state index contributed by atoms with van der Waals surface area (Å²) in [4.78, 5) is 21.5. The molecule has 0 bridgehead atoms. The molecule has 9 heteroatoms. The first kappa shape index (κ1) is 18.1. The van der Waals surface area contributed by atoms with Crippen molar-refractivity contribution in [1.82, 2.24) is 14.5 Å². The minimum Gasteiger partial charge on any atom is -0.497 e. The summed E-state index contributed by atoms with van der Waals surface area (Å²) in [6, 6.07) is 5.91. The number of halogens is 1. The zero-order valence-electron chi connectivity index (χ0n) is 14.8. The number of hydrogen-bond donors (Lipinski definition) is 1. The molecule has 0 aliphatic rings. The molecule has 136 valence electrons. The van der Waals surface area contributed by atoms with E-state index in [9.17, 15) is 4.79 Å². The predicted octanol–water partition coefficient (Wildman–Crippen LogP) is 1.79. The third-order valence-corrected chi connectivity index (χ3v) is 4.69. The Morgan fingerprint density at radius 3 is 2.88 bits per heavy atom. The van der Waals surface area contributed by atoms with Gasteiger partial charge in [-0.25, -0.2) is 19.1 Å². The number of rotatable bonds is 6. The van der Waals surface area contributed by atoms with Gasteiger partial charge < -0.3 is 10.5 Å². The number of aromatic nitrogens is 4. The first-order valence-corrected chi connectivity index (χ1v) is 8.84. The summed E-state index contributed by atoms with van der Waals surface area (Å²) in [6.07, 6.45) is 2.21. The highest BCUT2D eigenvalue weighted by Crippen LogP contribution is 2.24. The van der Waals surface area contributed by atoms with E-state index in [0.29, 0.717) is 23.4 Å². The SMILES string of the molecule is CCn1c(CN(C=O)c2nc(Br)cnc2N)[n+](C)c2ccc(OC)cc21. The van der Waals surface area contributed by atoms with Gasteiger partial charge in [-0.2, -0.15) is 0 Å². The van der Waals surface area contributed by atoms with Crippen LogP contribution >= 0.6 is 15.9 Å². The zero-order chi connectivity index (χ0) is 18.8. The maximum atomic E-state index is 11.7. The van der Waals surface area contributed by atoms with Gasteiger partial charge in [0.2, 0.25) is 6.41 Å². The largest absolute Gasteiger partial charge is 0.497 e. The van der Waals surface area contributed by atoms with E-state index < -0.39 is 0 Å². The Labute approximate surface area is 159 Å². The van der Waals surface area contributed by atoms with Gasteiger partial charge in [0.15, 0.2) is 22.7 Å². The van der Waals surface area contributed by atoms with E-state index in [1.807, 2.05) is 25.2 Å². The van der Waals surface area contributed by atoms with Crippen molar-refractivity contribution in [2.45, 2.75) is 20.0 Å². The van der Waals surface area contributed by atoms with Crippen molar-refractivity contribution in [3.05, 3.63) is 34.8 Å². The van der Waals surface area contributed by atoms with Crippen LogP contribution in [0.1, 0.15) is 12.7 Å². The molecule has 0 aliphatic carbocycles. The van der Waals surface area contributed by atoms with Crippen molar-refractivity contribution in [2.75, 3.05) is 17.7 Å². The highest BCUT2D eigenvalue weighted by molar-refractivity contribution is 9.10. The summed E-state index contributed by atoms with van der Waals surface area (Å²) in [6.45, 7) is 3.10. The topological polar surface area (TPSA) is 90.2 Å². The molecule has 0 fully saturated rings. The van der Waals surface area contributed by atoms with Gasteiger partial charge in [-0.3, -0.25) is 9.69 Å². The van der Waals surface area contributed by atoms with Gasteiger partial charge in [-0.05, 0) is 35.0 Å². The van der Waals surface area contributed by atoms with Gasteiger partial charge in [-0.1, -0.05) is 0 Å². The van der Waals surface area contributed by atoms with Crippen LogP contribution < -0.4 is 19.9 Å². The van der Waals surface area contributed by atoms with Crippen molar-refractivity contribution < 1.29 is 14.1 Å². The van der Waals surface area contributed by atoms with E-state index in [2.05, 4.69) is 42.0 Å². The molecule has 1 aromatic carbocycles. The second kappa shape index (κ2) is 7.28. The Balaban J connectivity index is 2.10. The molecule has 0 spiro atoms. The van der Waals surface area contributed by atoms with E-state index in [0.717, 1.165) is 29.2 Å². The standard InChI is InChI=1S/C17H20BrN6O2/c1-4-24-13-7-11(26-3)5-6-12(13)22(2)15(24)9-23(10-25)17-16(19)20-8-14(18)21-17/h5-8,10H,4,9H2,1-3H3,(H2,19,20)/q+1. The van der Waals surface area contributed by atoms with Gasteiger partial charge in [0.25, 0.3) is 5.82 Å². The van der Waals surface area contributed by atoms with Crippen LogP contribution in [0.3, 0.4) is 0 Å². The molecule has 0 atom stereocenters. The average molecular weight is 420 g/mol. The summed E-state index contributed by atoms with van der Waals surface area (Å²) in [5.41, 5.74) is 7.99. The second-order valence-corrected chi connectivity index (χ2v) is 6.52. The number of anilines is 2.